The van der Waals surface area contributed by atoms with Crippen LogP contribution in [0.2, 0.25) is 0 Å². The molecule has 1 N–H and O–H groups in total. The van der Waals surface area contributed by atoms with E-state index in [-0.39, 0.29) is 0 Å². The van der Waals surface area contributed by atoms with E-state index < -0.39 is 10.8 Å². The van der Waals surface area contributed by atoms with Crippen LogP contribution in [0.4, 0.5) is 0 Å². The van der Waals surface area contributed by atoms with Gasteiger partial charge in [0.05, 0.1) is 10.8 Å². The van der Waals surface area contributed by atoms with E-state index in [0.29, 0.717) is 12.0 Å². The smallest absolute Gasteiger partial charge is 0.0545 e. The average Bonchev–Trinajstić information content (AvgIpc) is 2.48. The van der Waals surface area contributed by atoms with E-state index in [1.165, 1.54) is 37.7 Å². The Morgan fingerprint density at radius 2 is 1.85 bits per heavy atom. The van der Waals surface area contributed by atoms with Crippen LogP contribution in [0.5, 0.6) is 0 Å². The van der Waals surface area contributed by atoms with Crippen molar-refractivity contribution in [3.63, 3.8) is 0 Å². The fourth-order valence-corrected chi connectivity index (χ4v) is 4.46. The van der Waals surface area contributed by atoms with Crippen LogP contribution in [-0.4, -0.2) is 22.5 Å². The third-order valence-electron chi connectivity index (χ3n) is 4.30. The minimum absolute atomic E-state index is 0.405. The molecule has 112 valence electrons. The van der Waals surface area contributed by atoms with E-state index in [2.05, 4.69) is 31.3 Å². The van der Waals surface area contributed by atoms with Crippen LogP contribution in [0.15, 0.2) is 29.2 Å². The fourth-order valence-electron chi connectivity index (χ4n) is 3.11. The molecule has 0 radical (unpaired) electrons. The molecule has 1 aliphatic rings. The first kappa shape index (κ1) is 15.7. The number of hydrogen-bond acceptors (Lipinski definition) is 2. The van der Waals surface area contributed by atoms with Crippen molar-refractivity contribution in [2.75, 3.05) is 12.3 Å². The highest BCUT2D eigenvalue weighted by Gasteiger charge is 2.24. The molecule has 1 aromatic carbocycles. The van der Waals surface area contributed by atoms with Crippen molar-refractivity contribution in [3.05, 3.63) is 29.8 Å². The second kappa shape index (κ2) is 7.94. The lowest BCUT2D eigenvalue weighted by atomic mass is 9.84. The van der Waals surface area contributed by atoms with E-state index in [1.807, 2.05) is 12.1 Å². The van der Waals surface area contributed by atoms with Crippen molar-refractivity contribution >= 4 is 10.8 Å². The first-order valence-corrected chi connectivity index (χ1v) is 9.21. The van der Waals surface area contributed by atoms with Crippen LogP contribution in [0, 0.1) is 12.8 Å². The van der Waals surface area contributed by atoms with Gasteiger partial charge in [-0.3, -0.25) is 4.21 Å². The summed E-state index contributed by atoms with van der Waals surface area (Å²) < 4.78 is 12.6. The van der Waals surface area contributed by atoms with Crippen molar-refractivity contribution in [3.8, 4) is 0 Å². The van der Waals surface area contributed by atoms with Gasteiger partial charge in [-0.25, -0.2) is 0 Å². The Morgan fingerprint density at radius 1 is 1.20 bits per heavy atom. The van der Waals surface area contributed by atoms with E-state index in [1.54, 1.807) is 0 Å². The van der Waals surface area contributed by atoms with Gasteiger partial charge in [-0.1, -0.05) is 43.9 Å². The first-order chi connectivity index (χ1) is 9.70. The number of benzene rings is 1. The maximum atomic E-state index is 12.6. The molecule has 2 nitrogen and oxygen atoms in total. The summed E-state index contributed by atoms with van der Waals surface area (Å²) in [5.74, 6) is 1.46. The van der Waals surface area contributed by atoms with Gasteiger partial charge in [-0.05, 0) is 44.4 Å². The Hall–Kier alpha value is -0.670. The zero-order chi connectivity index (χ0) is 14.4. The van der Waals surface area contributed by atoms with E-state index >= 15 is 0 Å². The zero-order valence-corrected chi connectivity index (χ0v) is 13.5. The molecule has 1 saturated carbocycles. The maximum Gasteiger partial charge on any atom is 0.0545 e. The van der Waals surface area contributed by atoms with Crippen LogP contribution in [0.3, 0.4) is 0 Å². The Labute approximate surface area is 125 Å². The summed E-state index contributed by atoms with van der Waals surface area (Å²) in [7, 11) is -0.887. The topological polar surface area (TPSA) is 29.1 Å². The lowest BCUT2D eigenvalue weighted by Crippen LogP contribution is -2.41. The number of nitrogens with one attached hydrogen (secondary N) is 1. The summed E-state index contributed by atoms with van der Waals surface area (Å²) in [5, 5.41) is 3.57. The molecule has 0 heterocycles. The zero-order valence-electron chi connectivity index (χ0n) is 12.7. The van der Waals surface area contributed by atoms with Gasteiger partial charge in [-0.15, -0.1) is 0 Å². The molecule has 1 aliphatic carbocycles. The quantitative estimate of drug-likeness (QED) is 0.867. The Kier molecular flexibility index (Phi) is 6.24. The van der Waals surface area contributed by atoms with Crippen LogP contribution in [0.25, 0.3) is 0 Å². The van der Waals surface area contributed by atoms with E-state index in [9.17, 15) is 4.21 Å². The predicted molar refractivity (Wildman–Crippen MR) is 86.5 cm³/mol. The van der Waals surface area contributed by atoms with Gasteiger partial charge in [0.1, 0.15) is 0 Å². The third-order valence-corrected chi connectivity index (χ3v) is 5.76. The number of hydrogen-bond donors (Lipinski definition) is 1. The highest BCUT2D eigenvalue weighted by Crippen LogP contribution is 2.27. The molecule has 2 unspecified atom stereocenters. The highest BCUT2D eigenvalue weighted by atomic mass is 32.2. The normalized spacial score (nSPS) is 19.7. The summed E-state index contributed by atoms with van der Waals surface area (Å²) in [4.78, 5) is 0.967. The van der Waals surface area contributed by atoms with Gasteiger partial charge >= 0.3 is 0 Å². The van der Waals surface area contributed by atoms with Gasteiger partial charge in [0, 0.05) is 16.7 Å². The molecule has 0 spiro atoms. The summed E-state index contributed by atoms with van der Waals surface area (Å²) >= 11 is 0. The number of aryl methyl sites for hydroxylation is 1. The molecule has 0 amide bonds. The first-order valence-electron chi connectivity index (χ1n) is 7.89. The lowest BCUT2D eigenvalue weighted by Gasteiger charge is -2.30. The molecule has 20 heavy (non-hydrogen) atoms. The standard InChI is InChI=1S/C17H27NOS/c1-3-18-17(15-7-5-4-6-8-15)13-20(19)16-11-9-14(2)10-12-16/h9-12,15,17-18H,3-8,13H2,1-2H3. The monoisotopic (exact) mass is 293 g/mol. The van der Waals surface area contributed by atoms with Crippen LogP contribution >= 0.6 is 0 Å². The lowest BCUT2D eigenvalue weighted by molar-refractivity contribution is 0.287. The molecule has 0 saturated heterocycles. The molecule has 2 atom stereocenters. The van der Waals surface area contributed by atoms with Gasteiger partial charge < -0.3 is 5.32 Å². The second-order valence-corrected chi connectivity index (χ2v) is 7.38. The minimum Gasteiger partial charge on any atom is -0.313 e. The second-order valence-electron chi connectivity index (χ2n) is 5.89. The van der Waals surface area contributed by atoms with Crippen molar-refractivity contribution in [1.82, 2.24) is 5.32 Å². The average molecular weight is 293 g/mol. The minimum atomic E-state index is -0.887. The third kappa shape index (κ3) is 4.42. The van der Waals surface area contributed by atoms with E-state index in [0.717, 1.165) is 17.2 Å². The molecule has 0 bridgehead atoms. The van der Waals surface area contributed by atoms with Crippen molar-refractivity contribution in [2.45, 2.75) is 56.9 Å². The SMILES string of the molecule is CCNC(CS(=O)c1ccc(C)cc1)C1CCCCC1. The summed E-state index contributed by atoms with van der Waals surface area (Å²) in [5.41, 5.74) is 1.22. The molecule has 0 aliphatic heterocycles. The van der Waals surface area contributed by atoms with Gasteiger partial charge in [0.2, 0.25) is 0 Å². The Bertz CT molecular complexity index is 423. The van der Waals surface area contributed by atoms with Crippen LogP contribution in [-0.2, 0) is 10.8 Å². The molecule has 2 rings (SSSR count). The predicted octanol–water partition coefficient (Wildman–Crippen LogP) is 3.66. The summed E-state index contributed by atoms with van der Waals surface area (Å²) in [6.45, 7) is 5.17. The molecular formula is C17H27NOS. The van der Waals surface area contributed by atoms with Gasteiger partial charge in [0.15, 0.2) is 0 Å². The molecular weight excluding hydrogens is 266 g/mol. The largest absolute Gasteiger partial charge is 0.313 e. The number of rotatable bonds is 6. The highest BCUT2D eigenvalue weighted by molar-refractivity contribution is 7.85. The van der Waals surface area contributed by atoms with E-state index in [4.69, 9.17) is 0 Å². The van der Waals surface area contributed by atoms with Crippen molar-refractivity contribution in [1.29, 1.82) is 0 Å². The van der Waals surface area contributed by atoms with Crippen LogP contribution < -0.4 is 5.32 Å². The molecule has 0 aromatic heterocycles. The van der Waals surface area contributed by atoms with Gasteiger partial charge in [-0.2, -0.15) is 0 Å². The summed E-state index contributed by atoms with van der Waals surface area (Å²) in [6.07, 6.45) is 6.63. The Balaban J connectivity index is 1.99. The maximum absolute atomic E-state index is 12.6. The fraction of sp³-hybridized carbons (Fsp3) is 0.647. The summed E-state index contributed by atoms with van der Waals surface area (Å²) in [6, 6.07) is 8.53. The van der Waals surface area contributed by atoms with Crippen LogP contribution in [0.1, 0.15) is 44.6 Å². The molecule has 1 aromatic rings. The van der Waals surface area contributed by atoms with Crippen molar-refractivity contribution < 1.29 is 4.21 Å². The van der Waals surface area contributed by atoms with Crippen molar-refractivity contribution in [2.24, 2.45) is 5.92 Å². The Morgan fingerprint density at radius 3 is 2.45 bits per heavy atom. The molecule has 3 heteroatoms. The van der Waals surface area contributed by atoms with Gasteiger partial charge in [0.25, 0.3) is 0 Å². The molecule has 1 fully saturated rings.